The van der Waals surface area contributed by atoms with Crippen molar-refractivity contribution in [1.82, 2.24) is 10.2 Å². The Hall–Kier alpha value is -2.10. The van der Waals surface area contributed by atoms with Crippen LogP contribution in [0.2, 0.25) is 5.02 Å². The van der Waals surface area contributed by atoms with Gasteiger partial charge in [0.15, 0.2) is 0 Å². The molecule has 0 radical (unpaired) electrons. The van der Waals surface area contributed by atoms with Gasteiger partial charge < -0.3 is 5.73 Å². The number of halogens is 1. The van der Waals surface area contributed by atoms with Crippen LogP contribution >= 0.6 is 11.6 Å². The number of aromatic amines is 1. The molecule has 0 unspecified atom stereocenters. The molecule has 0 aliphatic rings. The number of hydrogen-bond donors (Lipinski definition) is 2. The van der Waals surface area contributed by atoms with Crippen molar-refractivity contribution in [2.45, 2.75) is 12.3 Å². The van der Waals surface area contributed by atoms with Crippen LogP contribution in [0.4, 0.5) is 0 Å². The Morgan fingerprint density at radius 2 is 1.59 bits per heavy atom. The standard InChI is InChI=1S/C18H18ClN3/c19-17-7-5-15(6-8-17)18(9-10-20)14-3-1-13(2-4-14)16-11-21-22-12-16/h1-8,11-12,18H,9-10,20H2,(H,21,22)/t18-/m0/s1. The molecule has 0 aliphatic heterocycles. The fraction of sp³-hybridized carbons (Fsp3) is 0.167. The van der Waals surface area contributed by atoms with E-state index in [1.165, 1.54) is 11.1 Å². The van der Waals surface area contributed by atoms with Crippen LogP contribution in [0, 0.1) is 0 Å². The lowest BCUT2D eigenvalue weighted by atomic mass is 9.88. The van der Waals surface area contributed by atoms with Crippen molar-refractivity contribution < 1.29 is 0 Å². The number of rotatable bonds is 5. The van der Waals surface area contributed by atoms with Gasteiger partial charge >= 0.3 is 0 Å². The maximum absolute atomic E-state index is 5.98. The molecule has 22 heavy (non-hydrogen) atoms. The summed E-state index contributed by atoms with van der Waals surface area (Å²) in [5, 5.41) is 7.58. The van der Waals surface area contributed by atoms with Gasteiger partial charge in [-0.3, -0.25) is 5.10 Å². The minimum absolute atomic E-state index is 0.292. The first-order chi connectivity index (χ1) is 10.8. The summed E-state index contributed by atoms with van der Waals surface area (Å²) in [5.41, 5.74) is 10.6. The fourth-order valence-corrected chi connectivity index (χ4v) is 2.83. The van der Waals surface area contributed by atoms with E-state index in [0.717, 1.165) is 22.6 Å². The van der Waals surface area contributed by atoms with E-state index in [2.05, 4.69) is 46.6 Å². The largest absolute Gasteiger partial charge is 0.330 e. The minimum Gasteiger partial charge on any atom is -0.330 e. The average Bonchev–Trinajstić information content (AvgIpc) is 3.08. The zero-order valence-electron chi connectivity index (χ0n) is 12.2. The predicted molar refractivity (Wildman–Crippen MR) is 91.0 cm³/mol. The molecular weight excluding hydrogens is 294 g/mol. The van der Waals surface area contributed by atoms with Gasteiger partial charge in [0.25, 0.3) is 0 Å². The number of H-pyrrole nitrogens is 1. The number of hydrogen-bond acceptors (Lipinski definition) is 2. The summed E-state index contributed by atoms with van der Waals surface area (Å²) in [5.74, 6) is 0.292. The van der Waals surface area contributed by atoms with Gasteiger partial charge in [0, 0.05) is 22.7 Å². The van der Waals surface area contributed by atoms with Crippen LogP contribution in [0.15, 0.2) is 60.9 Å². The van der Waals surface area contributed by atoms with Gasteiger partial charge in [-0.25, -0.2) is 0 Å². The normalized spacial score (nSPS) is 12.3. The lowest BCUT2D eigenvalue weighted by Crippen LogP contribution is -2.08. The van der Waals surface area contributed by atoms with Crippen LogP contribution in [-0.2, 0) is 0 Å². The van der Waals surface area contributed by atoms with Gasteiger partial charge in [-0.1, -0.05) is 48.0 Å². The highest BCUT2D eigenvalue weighted by Gasteiger charge is 2.13. The minimum atomic E-state index is 0.292. The molecule has 1 atom stereocenters. The topological polar surface area (TPSA) is 54.7 Å². The highest BCUT2D eigenvalue weighted by molar-refractivity contribution is 6.30. The Morgan fingerprint density at radius 3 is 2.14 bits per heavy atom. The zero-order valence-corrected chi connectivity index (χ0v) is 12.9. The summed E-state index contributed by atoms with van der Waals surface area (Å²) in [7, 11) is 0. The zero-order chi connectivity index (χ0) is 15.4. The molecule has 0 aliphatic carbocycles. The molecule has 1 heterocycles. The summed E-state index contributed by atoms with van der Waals surface area (Å²) < 4.78 is 0. The predicted octanol–water partition coefficient (Wildman–Crippen LogP) is 4.21. The second-order valence-electron chi connectivity index (χ2n) is 5.29. The Bertz CT molecular complexity index is 703. The molecule has 3 rings (SSSR count). The highest BCUT2D eigenvalue weighted by Crippen LogP contribution is 2.30. The molecule has 3 aromatic rings. The summed E-state index contributed by atoms with van der Waals surface area (Å²) in [6, 6.07) is 16.6. The second-order valence-corrected chi connectivity index (χ2v) is 5.73. The van der Waals surface area contributed by atoms with Crippen molar-refractivity contribution in [2.75, 3.05) is 6.54 Å². The van der Waals surface area contributed by atoms with Crippen molar-refractivity contribution in [3.8, 4) is 11.1 Å². The van der Waals surface area contributed by atoms with Gasteiger partial charge in [0.1, 0.15) is 0 Å². The van der Waals surface area contributed by atoms with E-state index in [4.69, 9.17) is 17.3 Å². The van der Waals surface area contributed by atoms with E-state index in [1.54, 1.807) is 0 Å². The number of benzene rings is 2. The molecule has 0 spiro atoms. The van der Waals surface area contributed by atoms with E-state index in [9.17, 15) is 0 Å². The van der Waals surface area contributed by atoms with Crippen molar-refractivity contribution in [3.63, 3.8) is 0 Å². The molecule has 4 heteroatoms. The number of nitrogens with one attached hydrogen (secondary N) is 1. The van der Waals surface area contributed by atoms with Gasteiger partial charge in [-0.05, 0) is 41.8 Å². The van der Waals surface area contributed by atoms with Gasteiger partial charge in [0.05, 0.1) is 6.20 Å². The smallest absolute Gasteiger partial charge is 0.0565 e. The third kappa shape index (κ3) is 3.21. The number of aromatic nitrogens is 2. The molecule has 0 amide bonds. The van der Waals surface area contributed by atoms with Crippen LogP contribution in [0.1, 0.15) is 23.5 Å². The van der Waals surface area contributed by atoms with Crippen molar-refractivity contribution in [3.05, 3.63) is 77.1 Å². The first-order valence-electron chi connectivity index (χ1n) is 7.32. The van der Waals surface area contributed by atoms with Gasteiger partial charge in [0.2, 0.25) is 0 Å². The lowest BCUT2D eigenvalue weighted by Gasteiger charge is -2.17. The molecule has 3 nitrogen and oxygen atoms in total. The lowest BCUT2D eigenvalue weighted by molar-refractivity contribution is 0.726. The summed E-state index contributed by atoms with van der Waals surface area (Å²) in [4.78, 5) is 0. The van der Waals surface area contributed by atoms with E-state index in [1.807, 2.05) is 24.5 Å². The highest BCUT2D eigenvalue weighted by atomic mass is 35.5. The third-order valence-corrected chi connectivity index (χ3v) is 4.12. The second kappa shape index (κ2) is 6.77. The van der Waals surface area contributed by atoms with Crippen molar-refractivity contribution in [2.24, 2.45) is 5.73 Å². The van der Waals surface area contributed by atoms with Gasteiger partial charge in [-0.15, -0.1) is 0 Å². The van der Waals surface area contributed by atoms with E-state index < -0.39 is 0 Å². The maximum Gasteiger partial charge on any atom is 0.0565 e. The quantitative estimate of drug-likeness (QED) is 0.741. The van der Waals surface area contributed by atoms with Crippen LogP contribution < -0.4 is 5.73 Å². The SMILES string of the molecule is NCC[C@H](c1ccc(Cl)cc1)c1ccc(-c2cn[nH]c2)cc1. The Kier molecular flexibility index (Phi) is 4.56. The monoisotopic (exact) mass is 311 g/mol. The Labute approximate surface area is 135 Å². The fourth-order valence-electron chi connectivity index (χ4n) is 2.70. The molecule has 1 aromatic heterocycles. The molecule has 0 fully saturated rings. The first-order valence-corrected chi connectivity index (χ1v) is 7.70. The third-order valence-electron chi connectivity index (χ3n) is 3.87. The Morgan fingerprint density at radius 1 is 0.955 bits per heavy atom. The summed E-state index contributed by atoms with van der Waals surface area (Å²) >= 11 is 5.98. The molecule has 0 bridgehead atoms. The van der Waals surface area contributed by atoms with E-state index in [-0.39, 0.29) is 0 Å². The maximum atomic E-state index is 5.98. The van der Waals surface area contributed by atoms with Crippen LogP contribution in [-0.4, -0.2) is 16.7 Å². The molecule has 3 N–H and O–H groups in total. The number of nitrogens with two attached hydrogens (primary N) is 1. The molecule has 0 saturated heterocycles. The van der Waals surface area contributed by atoms with Crippen molar-refractivity contribution >= 4 is 11.6 Å². The van der Waals surface area contributed by atoms with Gasteiger partial charge in [-0.2, -0.15) is 5.10 Å². The van der Waals surface area contributed by atoms with Crippen LogP contribution in [0.5, 0.6) is 0 Å². The molecule has 2 aromatic carbocycles. The van der Waals surface area contributed by atoms with Crippen LogP contribution in [0.25, 0.3) is 11.1 Å². The molecular formula is C18H18ClN3. The summed E-state index contributed by atoms with van der Waals surface area (Å²) in [6.45, 7) is 0.650. The summed E-state index contributed by atoms with van der Waals surface area (Å²) in [6.07, 6.45) is 4.63. The van der Waals surface area contributed by atoms with Crippen LogP contribution in [0.3, 0.4) is 0 Å². The van der Waals surface area contributed by atoms with E-state index >= 15 is 0 Å². The van der Waals surface area contributed by atoms with E-state index in [0.29, 0.717) is 12.5 Å². The Balaban J connectivity index is 1.90. The molecule has 112 valence electrons. The molecule has 0 saturated carbocycles. The number of nitrogens with zero attached hydrogens (tertiary/aromatic N) is 1. The average molecular weight is 312 g/mol. The van der Waals surface area contributed by atoms with Crippen molar-refractivity contribution in [1.29, 1.82) is 0 Å². The first kappa shape index (κ1) is 14.8.